The SMILES string of the molecule is [Ir+3].[c-]1ccc2c(oc3ncccc32)c1-c1ccccn1.[c-]1ccccc1-c1cc(-c2ccccc2)ccn1.[c-]1ncccc1-c1cc(-n2c3ccccc3c3ccccc32)ccn1. The summed E-state index contributed by atoms with van der Waals surface area (Å²) in [6.45, 7) is 0. The number of hydrogen-bond acceptors (Lipinski definition) is 6. The molecule has 0 atom stereocenters. The van der Waals surface area contributed by atoms with Crippen LogP contribution in [0.3, 0.4) is 0 Å². The van der Waals surface area contributed by atoms with Gasteiger partial charge in [0, 0.05) is 46.6 Å². The van der Waals surface area contributed by atoms with E-state index < -0.39 is 0 Å². The molecule has 0 saturated carbocycles. The van der Waals surface area contributed by atoms with Crippen molar-refractivity contribution in [1.82, 2.24) is 29.5 Å². The molecule has 0 aliphatic heterocycles. The van der Waals surface area contributed by atoms with Crippen LogP contribution < -0.4 is 0 Å². The number of hydrogen-bond donors (Lipinski definition) is 0. The zero-order valence-electron chi connectivity index (χ0n) is 33.6. The number of fused-ring (bicyclic) bond motifs is 6. The van der Waals surface area contributed by atoms with Crippen LogP contribution >= 0.6 is 0 Å². The third kappa shape index (κ3) is 8.54. The van der Waals surface area contributed by atoms with Crippen molar-refractivity contribution in [2.45, 2.75) is 0 Å². The summed E-state index contributed by atoms with van der Waals surface area (Å²) in [5.41, 5.74) is 12.7. The maximum absolute atomic E-state index is 5.86. The first-order valence-electron chi connectivity index (χ1n) is 20.1. The molecule has 0 aliphatic carbocycles. The molecule has 12 rings (SSSR count). The summed E-state index contributed by atoms with van der Waals surface area (Å²) in [6, 6.07) is 67.4. The van der Waals surface area contributed by atoms with Gasteiger partial charge in [-0.15, -0.1) is 71.8 Å². The summed E-state index contributed by atoms with van der Waals surface area (Å²) < 4.78 is 8.14. The van der Waals surface area contributed by atoms with Gasteiger partial charge in [-0.2, -0.15) is 0 Å². The fraction of sp³-hybridized carbons (Fsp3) is 0. The third-order valence-electron chi connectivity index (χ3n) is 10.4. The smallest absolute Gasteiger partial charge is 0.486 e. The van der Waals surface area contributed by atoms with Gasteiger partial charge in [0.15, 0.2) is 0 Å². The van der Waals surface area contributed by atoms with Crippen molar-refractivity contribution in [1.29, 1.82) is 0 Å². The van der Waals surface area contributed by atoms with Gasteiger partial charge < -0.3 is 28.9 Å². The first kappa shape index (κ1) is 40.5. The number of aromatic nitrogens is 6. The zero-order valence-corrected chi connectivity index (χ0v) is 36.0. The second-order valence-electron chi connectivity index (χ2n) is 14.3. The molecule has 0 fully saturated rings. The van der Waals surface area contributed by atoms with Crippen LogP contribution in [0.15, 0.2) is 217 Å². The van der Waals surface area contributed by atoms with E-state index in [9.17, 15) is 0 Å². The second-order valence-corrected chi connectivity index (χ2v) is 14.3. The molecule has 63 heavy (non-hydrogen) atoms. The van der Waals surface area contributed by atoms with Gasteiger partial charge in [-0.25, -0.2) is 4.98 Å². The summed E-state index contributed by atoms with van der Waals surface area (Å²) in [7, 11) is 0. The Morgan fingerprint density at radius 1 is 0.429 bits per heavy atom. The van der Waals surface area contributed by atoms with E-state index in [0.717, 1.165) is 55.8 Å². The van der Waals surface area contributed by atoms with Crippen LogP contribution in [-0.2, 0) is 20.1 Å². The minimum Gasteiger partial charge on any atom is -0.486 e. The van der Waals surface area contributed by atoms with E-state index >= 15 is 0 Å². The number of pyridine rings is 5. The van der Waals surface area contributed by atoms with Crippen LogP contribution in [0.2, 0.25) is 0 Å². The standard InChI is InChI=1S/C22H14N3.C17H12N.C16H9N2O.Ir/c1-3-9-21-18(7-1)19-8-2-4-10-22(19)25(21)17-11-13-24-20(14-17)16-6-5-12-23-15-16;1-3-7-14(8-4-1)16-11-12-18-17(13-16)15-9-5-2-6-10-15;1-2-9-17-14(8-1)13-6-3-5-11-12-7-4-10-18-16(12)19-15(11)13;/h1-14H;1-9,11-13H;1-5,7-10H;/q3*-1;+3. The first-order chi connectivity index (χ1) is 30.8. The van der Waals surface area contributed by atoms with Crippen molar-refractivity contribution in [2.24, 2.45) is 0 Å². The molecular formula is C55H35IrN6O. The van der Waals surface area contributed by atoms with E-state index in [-0.39, 0.29) is 20.1 Å². The summed E-state index contributed by atoms with van der Waals surface area (Å²) in [6.07, 6.45) is 11.9. The molecule has 5 aromatic carbocycles. The van der Waals surface area contributed by atoms with Gasteiger partial charge in [-0.05, 0) is 76.9 Å². The second kappa shape index (κ2) is 18.8. The molecule has 0 spiro atoms. The molecule has 0 N–H and O–H groups in total. The monoisotopic (exact) mass is 988 g/mol. The van der Waals surface area contributed by atoms with E-state index in [1.807, 2.05) is 122 Å². The summed E-state index contributed by atoms with van der Waals surface area (Å²) >= 11 is 0. The quantitative estimate of drug-likeness (QED) is 0.160. The fourth-order valence-electron chi connectivity index (χ4n) is 7.59. The van der Waals surface area contributed by atoms with Gasteiger partial charge in [0.1, 0.15) is 0 Å². The normalized spacial score (nSPS) is 10.7. The van der Waals surface area contributed by atoms with Gasteiger partial charge in [0.2, 0.25) is 5.71 Å². The van der Waals surface area contributed by atoms with Crippen LogP contribution in [0.4, 0.5) is 0 Å². The average molecular weight is 988 g/mol. The van der Waals surface area contributed by atoms with Gasteiger partial charge in [-0.3, -0.25) is 0 Å². The largest absolute Gasteiger partial charge is 3.00 e. The topological polar surface area (TPSA) is 82.5 Å². The molecule has 7 aromatic heterocycles. The fourth-order valence-corrected chi connectivity index (χ4v) is 7.59. The molecule has 7 heterocycles. The van der Waals surface area contributed by atoms with Crippen molar-refractivity contribution in [3.05, 3.63) is 231 Å². The first-order valence-corrected chi connectivity index (χ1v) is 20.1. The molecule has 0 radical (unpaired) electrons. The Morgan fingerprint density at radius 2 is 1.10 bits per heavy atom. The molecule has 12 aromatic rings. The minimum absolute atomic E-state index is 0. The van der Waals surface area contributed by atoms with Crippen molar-refractivity contribution in [2.75, 3.05) is 0 Å². The Labute approximate surface area is 377 Å². The van der Waals surface area contributed by atoms with E-state index in [2.05, 4.69) is 121 Å². The number of rotatable bonds is 5. The Balaban J connectivity index is 0.000000121. The molecule has 0 amide bonds. The van der Waals surface area contributed by atoms with Crippen LogP contribution in [0.25, 0.3) is 94.5 Å². The Bertz CT molecular complexity index is 3300. The van der Waals surface area contributed by atoms with Gasteiger partial charge >= 0.3 is 20.1 Å². The molecule has 0 bridgehead atoms. The summed E-state index contributed by atoms with van der Waals surface area (Å²) in [5, 5.41) is 4.57. The average Bonchev–Trinajstić information content (AvgIpc) is 3.92. The van der Waals surface area contributed by atoms with Crippen LogP contribution in [0.5, 0.6) is 0 Å². The molecule has 8 heteroatoms. The maximum atomic E-state index is 5.86. The Kier molecular flexibility index (Phi) is 12.1. The molecule has 0 saturated heterocycles. The maximum Gasteiger partial charge on any atom is 3.00 e. The predicted octanol–water partition coefficient (Wildman–Crippen LogP) is 13.1. The minimum atomic E-state index is 0. The number of nitrogens with zero attached hydrogens (tertiary/aromatic N) is 6. The van der Waals surface area contributed by atoms with Crippen LogP contribution in [0.1, 0.15) is 0 Å². The predicted molar refractivity (Wildman–Crippen MR) is 248 cm³/mol. The summed E-state index contributed by atoms with van der Waals surface area (Å²) in [4.78, 5) is 21.6. The number of benzene rings is 5. The van der Waals surface area contributed by atoms with Crippen LogP contribution in [-0.4, -0.2) is 29.5 Å². The van der Waals surface area contributed by atoms with E-state index in [1.165, 1.54) is 32.9 Å². The number of furan rings is 1. The van der Waals surface area contributed by atoms with Gasteiger partial charge in [-0.1, -0.05) is 108 Å². The van der Waals surface area contributed by atoms with E-state index in [1.54, 1.807) is 18.6 Å². The Hall–Kier alpha value is -7.90. The van der Waals surface area contributed by atoms with Crippen molar-refractivity contribution in [3.63, 3.8) is 0 Å². The molecular weight excluding hydrogens is 953 g/mol. The third-order valence-corrected chi connectivity index (χ3v) is 10.4. The van der Waals surface area contributed by atoms with Gasteiger partial charge in [0.25, 0.3) is 0 Å². The summed E-state index contributed by atoms with van der Waals surface area (Å²) in [5.74, 6) is 0. The zero-order chi connectivity index (χ0) is 41.5. The molecule has 0 unspecified atom stereocenters. The van der Waals surface area contributed by atoms with E-state index in [0.29, 0.717) is 5.71 Å². The molecule has 0 aliphatic rings. The van der Waals surface area contributed by atoms with Crippen LogP contribution in [0, 0.1) is 18.3 Å². The molecule has 300 valence electrons. The van der Waals surface area contributed by atoms with Crippen molar-refractivity contribution >= 4 is 43.9 Å². The van der Waals surface area contributed by atoms with E-state index in [4.69, 9.17) is 4.42 Å². The molecule has 7 nitrogen and oxygen atoms in total. The Morgan fingerprint density at radius 3 is 1.84 bits per heavy atom. The van der Waals surface area contributed by atoms with Gasteiger partial charge in [0.05, 0.1) is 16.6 Å². The number of para-hydroxylation sites is 2. The van der Waals surface area contributed by atoms with Crippen molar-refractivity contribution < 1.29 is 24.5 Å². The van der Waals surface area contributed by atoms with Crippen molar-refractivity contribution in [3.8, 4) is 50.6 Å².